The summed E-state index contributed by atoms with van der Waals surface area (Å²) in [6.45, 7) is 4.07. The Morgan fingerprint density at radius 3 is 2.78 bits per heavy atom. The summed E-state index contributed by atoms with van der Waals surface area (Å²) in [7, 11) is 0. The van der Waals surface area contributed by atoms with E-state index in [1.54, 1.807) is 12.4 Å². The molecule has 23 heavy (non-hydrogen) atoms. The minimum Gasteiger partial charge on any atom is -0.353 e. The molecular formula is C16H21N5OS. The predicted molar refractivity (Wildman–Crippen MR) is 90.1 cm³/mol. The molecule has 3 rings (SSSR count). The van der Waals surface area contributed by atoms with Crippen LogP contribution in [-0.4, -0.2) is 37.5 Å². The number of thioether (sulfide) groups is 1. The Morgan fingerprint density at radius 1 is 1.39 bits per heavy atom. The van der Waals surface area contributed by atoms with E-state index in [1.807, 2.05) is 19.1 Å². The monoisotopic (exact) mass is 331 g/mol. The van der Waals surface area contributed by atoms with E-state index in [4.69, 9.17) is 0 Å². The van der Waals surface area contributed by atoms with E-state index in [-0.39, 0.29) is 11.9 Å². The van der Waals surface area contributed by atoms with Crippen LogP contribution in [0.5, 0.6) is 0 Å². The van der Waals surface area contributed by atoms with Crippen molar-refractivity contribution in [3.8, 4) is 11.4 Å². The zero-order valence-electron chi connectivity index (χ0n) is 13.4. The highest BCUT2D eigenvalue weighted by molar-refractivity contribution is 7.99. The molecule has 0 aromatic carbocycles. The largest absolute Gasteiger partial charge is 0.353 e. The first kappa shape index (κ1) is 16.0. The lowest BCUT2D eigenvalue weighted by molar-refractivity contribution is -0.119. The van der Waals surface area contributed by atoms with Crippen molar-refractivity contribution < 1.29 is 4.79 Å². The number of carbonyl (C=O) groups excluding carboxylic acids is 1. The molecule has 0 aliphatic heterocycles. The van der Waals surface area contributed by atoms with Crippen molar-refractivity contribution in [2.45, 2.75) is 50.4 Å². The highest BCUT2D eigenvalue weighted by Gasteiger charge is 2.30. The van der Waals surface area contributed by atoms with E-state index >= 15 is 0 Å². The fraction of sp³-hybridized carbons (Fsp3) is 0.500. The SMILES string of the molecule is CC[C@@H](C)NC(=O)CSc1nnc(-c2ccncc2)n1C1CC1. The minimum absolute atomic E-state index is 0.0418. The van der Waals surface area contributed by atoms with Crippen molar-refractivity contribution in [3.63, 3.8) is 0 Å². The number of nitrogens with zero attached hydrogens (tertiary/aromatic N) is 4. The fourth-order valence-corrected chi connectivity index (χ4v) is 3.10. The molecule has 0 spiro atoms. The smallest absolute Gasteiger partial charge is 0.230 e. The summed E-state index contributed by atoms with van der Waals surface area (Å²) in [6.07, 6.45) is 6.73. The van der Waals surface area contributed by atoms with E-state index in [1.165, 1.54) is 11.8 Å². The van der Waals surface area contributed by atoms with Gasteiger partial charge in [0.2, 0.25) is 5.91 Å². The van der Waals surface area contributed by atoms with E-state index in [0.29, 0.717) is 11.8 Å². The standard InChI is InChI=1S/C16H21N5OS/c1-3-11(2)18-14(22)10-23-16-20-19-15(21(16)13-4-5-13)12-6-8-17-9-7-12/h6-9,11,13H,3-5,10H2,1-2H3,(H,18,22)/t11-/m1/s1. The van der Waals surface area contributed by atoms with Gasteiger partial charge in [0.1, 0.15) is 0 Å². The topological polar surface area (TPSA) is 72.7 Å². The molecule has 2 heterocycles. The number of hydrogen-bond acceptors (Lipinski definition) is 5. The molecule has 1 aliphatic carbocycles. The van der Waals surface area contributed by atoms with Crippen LogP contribution >= 0.6 is 11.8 Å². The van der Waals surface area contributed by atoms with Crippen LogP contribution in [0.2, 0.25) is 0 Å². The average molecular weight is 331 g/mol. The van der Waals surface area contributed by atoms with Gasteiger partial charge in [-0.1, -0.05) is 18.7 Å². The first-order valence-corrected chi connectivity index (χ1v) is 8.95. The number of carbonyl (C=O) groups is 1. The number of rotatable bonds is 7. The van der Waals surface area contributed by atoms with Crippen LogP contribution in [0, 0.1) is 0 Å². The zero-order chi connectivity index (χ0) is 16.2. The molecule has 1 aliphatic rings. The third-order valence-corrected chi connectivity index (χ3v) is 4.81. The highest BCUT2D eigenvalue weighted by Crippen LogP contribution is 2.40. The molecule has 1 N–H and O–H groups in total. The van der Waals surface area contributed by atoms with Crippen LogP contribution < -0.4 is 5.32 Å². The number of hydrogen-bond donors (Lipinski definition) is 1. The number of aromatic nitrogens is 4. The third kappa shape index (κ3) is 3.90. The van der Waals surface area contributed by atoms with Gasteiger partial charge in [0.15, 0.2) is 11.0 Å². The van der Waals surface area contributed by atoms with Gasteiger partial charge in [-0.25, -0.2) is 0 Å². The molecule has 0 saturated heterocycles. The molecule has 1 saturated carbocycles. The number of amides is 1. The Kier molecular flexibility index (Phi) is 4.95. The Hall–Kier alpha value is -1.89. The lowest BCUT2D eigenvalue weighted by Gasteiger charge is -2.11. The number of pyridine rings is 1. The number of nitrogens with one attached hydrogen (secondary N) is 1. The summed E-state index contributed by atoms with van der Waals surface area (Å²) in [5.41, 5.74) is 1.01. The van der Waals surface area contributed by atoms with Gasteiger partial charge in [-0.3, -0.25) is 14.3 Å². The van der Waals surface area contributed by atoms with E-state index in [9.17, 15) is 4.79 Å². The third-order valence-electron chi connectivity index (χ3n) is 3.87. The summed E-state index contributed by atoms with van der Waals surface area (Å²) in [6, 6.07) is 4.53. The van der Waals surface area contributed by atoms with Crippen LogP contribution in [-0.2, 0) is 4.79 Å². The van der Waals surface area contributed by atoms with Gasteiger partial charge >= 0.3 is 0 Å². The lowest BCUT2D eigenvalue weighted by atomic mass is 10.2. The van der Waals surface area contributed by atoms with Crippen molar-refractivity contribution >= 4 is 17.7 Å². The molecule has 1 amide bonds. The molecular weight excluding hydrogens is 310 g/mol. The molecule has 1 atom stereocenters. The molecule has 0 radical (unpaired) electrons. The molecule has 7 heteroatoms. The molecule has 1 fully saturated rings. The van der Waals surface area contributed by atoms with Crippen molar-refractivity contribution in [2.24, 2.45) is 0 Å². The second-order valence-corrected chi connectivity index (χ2v) is 6.75. The van der Waals surface area contributed by atoms with Crippen LogP contribution in [0.4, 0.5) is 0 Å². The van der Waals surface area contributed by atoms with Crippen molar-refractivity contribution in [1.29, 1.82) is 0 Å². The van der Waals surface area contributed by atoms with Crippen LogP contribution in [0.3, 0.4) is 0 Å². The van der Waals surface area contributed by atoms with E-state index in [2.05, 4.69) is 32.0 Å². The minimum atomic E-state index is 0.0418. The van der Waals surface area contributed by atoms with Crippen molar-refractivity contribution in [2.75, 3.05) is 5.75 Å². The second-order valence-electron chi connectivity index (χ2n) is 5.81. The summed E-state index contributed by atoms with van der Waals surface area (Å²) < 4.78 is 2.16. The maximum Gasteiger partial charge on any atom is 0.230 e. The summed E-state index contributed by atoms with van der Waals surface area (Å²) in [5, 5.41) is 12.4. The normalized spacial score (nSPS) is 15.4. The van der Waals surface area contributed by atoms with Gasteiger partial charge in [0.25, 0.3) is 0 Å². The maximum atomic E-state index is 12.0. The Balaban J connectivity index is 1.73. The fourth-order valence-electron chi connectivity index (χ4n) is 2.28. The van der Waals surface area contributed by atoms with Gasteiger partial charge in [-0.15, -0.1) is 10.2 Å². The average Bonchev–Trinajstić information content (AvgIpc) is 3.33. The lowest BCUT2D eigenvalue weighted by Crippen LogP contribution is -2.33. The van der Waals surface area contributed by atoms with Crippen molar-refractivity contribution in [1.82, 2.24) is 25.1 Å². The molecule has 0 bridgehead atoms. The first-order valence-electron chi connectivity index (χ1n) is 7.96. The maximum absolute atomic E-state index is 12.0. The summed E-state index contributed by atoms with van der Waals surface area (Å²) in [4.78, 5) is 16.0. The zero-order valence-corrected chi connectivity index (χ0v) is 14.2. The van der Waals surface area contributed by atoms with Gasteiger partial charge in [0.05, 0.1) is 5.75 Å². The Morgan fingerprint density at radius 2 is 2.13 bits per heavy atom. The first-order chi connectivity index (χ1) is 11.2. The molecule has 122 valence electrons. The Bertz CT molecular complexity index is 668. The van der Waals surface area contributed by atoms with Crippen LogP contribution in [0.25, 0.3) is 11.4 Å². The van der Waals surface area contributed by atoms with E-state index < -0.39 is 0 Å². The van der Waals surface area contributed by atoms with Gasteiger partial charge in [0, 0.05) is 30.0 Å². The van der Waals surface area contributed by atoms with Crippen molar-refractivity contribution in [3.05, 3.63) is 24.5 Å². The van der Waals surface area contributed by atoms with Crippen LogP contribution in [0.1, 0.15) is 39.2 Å². The summed E-state index contributed by atoms with van der Waals surface area (Å²) in [5.74, 6) is 1.27. The van der Waals surface area contributed by atoms with Crippen LogP contribution in [0.15, 0.2) is 29.7 Å². The van der Waals surface area contributed by atoms with E-state index in [0.717, 1.165) is 35.8 Å². The molecule has 6 nitrogen and oxygen atoms in total. The highest BCUT2D eigenvalue weighted by atomic mass is 32.2. The molecule has 2 aromatic heterocycles. The Labute approximate surface area is 140 Å². The predicted octanol–water partition coefficient (Wildman–Crippen LogP) is 2.68. The second kappa shape index (κ2) is 7.12. The van der Waals surface area contributed by atoms with Gasteiger partial charge < -0.3 is 5.32 Å². The summed E-state index contributed by atoms with van der Waals surface area (Å²) >= 11 is 1.45. The van der Waals surface area contributed by atoms with Gasteiger partial charge in [-0.2, -0.15) is 0 Å². The quantitative estimate of drug-likeness (QED) is 0.790. The van der Waals surface area contributed by atoms with Gasteiger partial charge in [-0.05, 0) is 38.3 Å². The molecule has 0 unspecified atom stereocenters. The molecule has 2 aromatic rings.